The van der Waals surface area contributed by atoms with E-state index >= 15 is 0 Å². The molecule has 0 saturated heterocycles. The molecule has 2 aromatic rings. The molecule has 0 fully saturated rings. The lowest BCUT2D eigenvalue weighted by molar-refractivity contribution is -0.137. The van der Waals surface area contributed by atoms with E-state index in [0.29, 0.717) is 11.1 Å². The second kappa shape index (κ2) is 8.16. The highest BCUT2D eigenvalue weighted by Crippen LogP contribution is 2.29. The van der Waals surface area contributed by atoms with E-state index in [1.54, 1.807) is 12.1 Å². The monoisotopic (exact) mass is 351 g/mol. The molecule has 3 nitrogen and oxygen atoms in total. The number of alkyl halides is 3. The van der Waals surface area contributed by atoms with Crippen molar-refractivity contribution in [2.75, 3.05) is 6.54 Å². The first-order valence-electron chi connectivity index (χ1n) is 8.03. The van der Waals surface area contributed by atoms with Crippen molar-refractivity contribution >= 4 is 5.91 Å². The number of aliphatic hydroxyl groups excluding tert-OH is 1. The number of hydrogen-bond donors (Lipinski definition) is 2. The molecule has 1 unspecified atom stereocenters. The third kappa shape index (κ3) is 5.32. The van der Waals surface area contributed by atoms with Crippen molar-refractivity contribution in [3.8, 4) is 0 Å². The Morgan fingerprint density at radius 1 is 1.08 bits per heavy atom. The second-order valence-electron chi connectivity index (χ2n) is 5.79. The van der Waals surface area contributed by atoms with Crippen molar-refractivity contribution in [1.82, 2.24) is 5.32 Å². The minimum atomic E-state index is -4.42. The molecule has 0 radical (unpaired) electrons. The molecule has 0 aliphatic carbocycles. The highest BCUT2D eigenvalue weighted by atomic mass is 19.4. The number of aliphatic hydroxyl groups is 1. The zero-order valence-electron chi connectivity index (χ0n) is 13.8. The summed E-state index contributed by atoms with van der Waals surface area (Å²) >= 11 is 0. The fourth-order valence-electron chi connectivity index (χ4n) is 2.41. The van der Waals surface area contributed by atoms with Crippen LogP contribution in [-0.2, 0) is 12.6 Å². The fraction of sp³-hybridized carbons (Fsp3) is 0.316. The lowest BCUT2D eigenvalue weighted by Crippen LogP contribution is -2.28. The number of rotatable bonds is 6. The van der Waals surface area contributed by atoms with E-state index in [1.807, 2.05) is 12.1 Å². The summed E-state index contributed by atoms with van der Waals surface area (Å²) in [6.07, 6.45) is -3.54. The maximum Gasteiger partial charge on any atom is 0.416 e. The maximum atomic E-state index is 12.5. The Balaban J connectivity index is 1.92. The number of amides is 1. The van der Waals surface area contributed by atoms with Gasteiger partial charge in [0.2, 0.25) is 0 Å². The summed E-state index contributed by atoms with van der Waals surface area (Å²) in [6.45, 7) is 1.99. The first kappa shape index (κ1) is 19.0. The van der Waals surface area contributed by atoms with Crippen molar-refractivity contribution in [2.45, 2.75) is 32.0 Å². The SMILES string of the molecule is CCCc1ccc(C(=O)NCC(O)c2ccc(C(F)(F)F)cc2)cc1. The van der Waals surface area contributed by atoms with Gasteiger partial charge in [-0.2, -0.15) is 13.2 Å². The smallest absolute Gasteiger partial charge is 0.387 e. The van der Waals surface area contributed by atoms with E-state index in [0.717, 1.165) is 30.5 Å². The summed E-state index contributed by atoms with van der Waals surface area (Å²) in [5, 5.41) is 12.6. The topological polar surface area (TPSA) is 49.3 Å². The van der Waals surface area contributed by atoms with Gasteiger partial charge in [-0.3, -0.25) is 4.79 Å². The number of halogens is 3. The van der Waals surface area contributed by atoms with Crippen LogP contribution in [0.2, 0.25) is 0 Å². The van der Waals surface area contributed by atoms with Gasteiger partial charge in [-0.25, -0.2) is 0 Å². The molecule has 1 amide bonds. The summed E-state index contributed by atoms with van der Waals surface area (Å²) < 4.78 is 37.6. The number of carbonyl (C=O) groups excluding carboxylic acids is 1. The molecule has 25 heavy (non-hydrogen) atoms. The fourth-order valence-corrected chi connectivity index (χ4v) is 2.41. The van der Waals surface area contributed by atoms with Crippen LogP contribution >= 0.6 is 0 Å². The van der Waals surface area contributed by atoms with Crippen molar-refractivity contribution in [2.24, 2.45) is 0 Å². The maximum absolute atomic E-state index is 12.5. The van der Waals surface area contributed by atoms with E-state index in [-0.39, 0.29) is 12.5 Å². The molecule has 0 aliphatic heterocycles. The summed E-state index contributed by atoms with van der Waals surface area (Å²) in [5.41, 5.74) is 1.15. The van der Waals surface area contributed by atoms with Crippen molar-refractivity contribution in [3.63, 3.8) is 0 Å². The minimum Gasteiger partial charge on any atom is -0.387 e. The molecule has 134 valence electrons. The Kier molecular flexibility index (Phi) is 6.20. The van der Waals surface area contributed by atoms with Crippen LogP contribution in [0.3, 0.4) is 0 Å². The van der Waals surface area contributed by atoms with Crippen LogP contribution in [0.25, 0.3) is 0 Å². The lowest BCUT2D eigenvalue weighted by atomic mass is 10.1. The normalized spacial score (nSPS) is 12.7. The third-order valence-corrected chi connectivity index (χ3v) is 3.83. The van der Waals surface area contributed by atoms with Gasteiger partial charge in [0.15, 0.2) is 0 Å². The minimum absolute atomic E-state index is 0.0824. The standard InChI is InChI=1S/C19H20F3NO2/c1-2-3-13-4-6-15(7-5-13)18(25)23-12-17(24)14-8-10-16(11-9-14)19(20,21)22/h4-11,17,24H,2-3,12H2,1H3,(H,23,25). The zero-order valence-corrected chi connectivity index (χ0v) is 13.8. The van der Waals surface area contributed by atoms with Gasteiger partial charge in [-0.15, -0.1) is 0 Å². The Bertz CT molecular complexity index is 694. The summed E-state index contributed by atoms with van der Waals surface area (Å²) in [6, 6.07) is 11.4. The summed E-state index contributed by atoms with van der Waals surface area (Å²) in [5.74, 6) is -0.339. The third-order valence-electron chi connectivity index (χ3n) is 3.83. The molecule has 0 bridgehead atoms. The average molecular weight is 351 g/mol. The van der Waals surface area contributed by atoms with Crippen LogP contribution in [0.1, 0.15) is 46.5 Å². The second-order valence-corrected chi connectivity index (χ2v) is 5.79. The van der Waals surface area contributed by atoms with Gasteiger partial charge in [0.05, 0.1) is 11.7 Å². The van der Waals surface area contributed by atoms with Gasteiger partial charge in [-0.1, -0.05) is 37.6 Å². The lowest BCUT2D eigenvalue weighted by Gasteiger charge is -2.14. The highest BCUT2D eigenvalue weighted by molar-refractivity contribution is 5.94. The van der Waals surface area contributed by atoms with Gasteiger partial charge >= 0.3 is 6.18 Å². The van der Waals surface area contributed by atoms with Gasteiger partial charge in [-0.05, 0) is 41.8 Å². The molecule has 6 heteroatoms. The predicted molar refractivity (Wildman–Crippen MR) is 89.2 cm³/mol. The van der Waals surface area contributed by atoms with E-state index in [1.165, 1.54) is 12.1 Å². The Labute approximate surface area is 144 Å². The molecule has 2 rings (SSSR count). The van der Waals surface area contributed by atoms with Crippen LogP contribution in [0.4, 0.5) is 13.2 Å². The van der Waals surface area contributed by atoms with E-state index < -0.39 is 17.8 Å². The van der Waals surface area contributed by atoms with Crippen LogP contribution < -0.4 is 5.32 Å². The van der Waals surface area contributed by atoms with Gasteiger partial charge < -0.3 is 10.4 Å². The first-order valence-corrected chi connectivity index (χ1v) is 8.03. The van der Waals surface area contributed by atoms with Crippen molar-refractivity contribution in [1.29, 1.82) is 0 Å². The number of aryl methyl sites for hydroxylation is 1. The Morgan fingerprint density at radius 3 is 2.20 bits per heavy atom. The van der Waals surface area contributed by atoms with Crippen molar-refractivity contribution < 1.29 is 23.1 Å². The molecule has 0 aliphatic rings. The number of benzene rings is 2. The largest absolute Gasteiger partial charge is 0.416 e. The van der Waals surface area contributed by atoms with Gasteiger partial charge in [0.25, 0.3) is 5.91 Å². The highest BCUT2D eigenvalue weighted by Gasteiger charge is 2.30. The molecule has 2 aromatic carbocycles. The quantitative estimate of drug-likeness (QED) is 0.822. The van der Waals surface area contributed by atoms with Crippen LogP contribution in [-0.4, -0.2) is 17.6 Å². The average Bonchev–Trinajstić information content (AvgIpc) is 2.59. The summed E-state index contributed by atoms with van der Waals surface area (Å²) in [4.78, 5) is 12.1. The number of hydrogen-bond acceptors (Lipinski definition) is 2. The molecule has 0 heterocycles. The van der Waals surface area contributed by atoms with Crippen LogP contribution in [0.5, 0.6) is 0 Å². The molecule has 0 saturated carbocycles. The first-order chi connectivity index (χ1) is 11.8. The summed E-state index contributed by atoms with van der Waals surface area (Å²) in [7, 11) is 0. The number of nitrogens with one attached hydrogen (secondary N) is 1. The van der Waals surface area contributed by atoms with Gasteiger partial charge in [0.1, 0.15) is 0 Å². The van der Waals surface area contributed by atoms with E-state index in [4.69, 9.17) is 0 Å². The Hall–Kier alpha value is -2.34. The predicted octanol–water partition coefficient (Wildman–Crippen LogP) is 4.12. The van der Waals surface area contributed by atoms with Crippen LogP contribution in [0, 0.1) is 0 Å². The molecule has 1 atom stereocenters. The molecule has 2 N–H and O–H groups in total. The van der Waals surface area contributed by atoms with Crippen molar-refractivity contribution in [3.05, 3.63) is 70.8 Å². The number of carbonyl (C=O) groups is 1. The molecular formula is C19H20F3NO2. The molecular weight excluding hydrogens is 331 g/mol. The van der Waals surface area contributed by atoms with E-state index in [2.05, 4.69) is 12.2 Å². The molecule has 0 spiro atoms. The molecule has 0 aromatic heterocycles. The van der Waals surface area contributed by atoms with E-state index in [9.17, 15) is 23.1 Å². The zero-order chi connectivity index (χ0) is 18.4. The Morgan fingerprint density at radius 2 is 1.68 bits per heavy atom. The van der Waals surface area contributed by atoms with Gasteiger partial charge in [0, 0.05) is 12.1 Å². The van der Waals surface area contributed by atoms with Crippen LogP contribution in [0.15, 0.2) is 48.5 Å².